The third-order valence-corrected chi connectivity index (χ3v) is 2.75. The normalized spacial score (nSPS) is 10.8. The van der Waals surface area contributed by atoms with E-state index in [0.29, 0.717) is 17.7 Å². The van der Waals surface area contributed by atoms with Crippen LogP contribution in [0, 0.1) is 10.1 Å². The van der Waals surface area contributed by atoms with Crippen LogP contribution in [0.2, 0.25) is 0 Å². The summed E-state index contributed by atoms with van der Waals surface area (Å²) in [5, 5.41) is 14.7. The minimum absolute atomic E-state index is 0.00148. The Morgan fingerprint density at radius 1 is 1.50 bits per heavy atom. The van der Waals surface area contributed by atoms with E-state index in [4.69, 9.17) is 0 Å². The van der Waals surface area contributed by atoms with Gasteiger partial charge in [0, 0.05) is 24.9 Å². The molecular weight excluding hydrogens is 258 g/mol. The first-order valence-electron chi connectivity index (χ1n) is 6.09. The number of nitro benzene ring substituents is 1. The summed E-state index contributed by atoms with van der Waals surface area (Å²) in [5.74, 6) is -0.184. The first-order valence-corrected chi connectivity index (χ1v) is 6.09. The van der Waals surface area contributed by atoms with Crippen LogP contribution in [0.1, 0.15) is 22.8 Å². The Labute approximate surface area is 115 Å². The molecular formula is C14H13N3O3. The van der Waals surface area contributed by atoms with Gasteiger partial charge in [0.2, 0.25) is 0 Å². The van der Waals surface area contributed by atoms with Gasteiger partial charge in [-0.15, -0.1) is 0 Å². The Morgan fingerprint density at radius 3 is 2.95 bits per heavy atom. The summed E-state index contributed by atoms with van der Waals surface area (Å²) < 4.78 is 1.66. The van der Waals surface area contributed by atoms with Gasteiger partial charge in [-0.25, -0.2) is 0 Å². The molecule has 0 atom stereocenters. The monoisotopic (exact) mass is 271 g/mol. The molecule has 0 saturated carbocycles. The number of nitrogens with zero attached hydrogens (tertiary/aromatic N) is 3. The molecule has 0 fully saturated rings. The van der Waals surface area contributed by atoms with Crippen LogP contribution in [0.3, 0.4) is 0 Å². The molecule has 1 aromatic heterocycles. The van der Waals surface area contributed by atoms with Gasteiger partial charge in [-0.2, -0.15) is 5.10 Å². The zero-order chi connectivity index (χ0) is 14.5. The second kappa shape index (κ2) is 5.92. The summed E-state index contributed by atoms with van der Waals surface area (Å²) in [7, 11) is 0. The fourth-order valence-corrected chi connectivity index (χ4v) is 1.67. The Morgan fingerprint density at radius 2 is 2.30 bits per heavy atom. The molecule has 6 heteroatoms. The fraction of sp³-hybridized carbons (Fsp3) is 0.143. The molecule has 0 N–H and O–H groups in total. The molecule has 0 radical (unpaired) electrons. The number of rotatable bonds is 5. The van der Waals surface area contributed by atoms with Gasteiger partial charge in [0.25, 0.3) is 5.69 Å². The minimum Gasteiger partial charge on any atom is -0.289 e. The van der Waals surface area contributed by atoms with E-state index < -0.39 is 4.92 Å². The largest absolute Gasteiger partial charge is 0.289 e. The van der Waals surface area contributed by atoms with Gasteiger partial charge < -0.3 is 0 Å². The molecule has 0 aliphatic carbocycles. The summed E-state index contributed by atoms with van der Waals surface area (Å²) in [6.45, 7) is 2.63. The van der Waals surface area contributed by atoms with Gasteiger partial charge >= 0.3 is 0 Å². The Kier molecular flexibility index (Phi) is 4.05. The van der Waals surface area contributed by atoms with Crippen molar-refractivity contribution >= 4 is 17.5 Å². The predicted octanol–water partition coefficient (Wildman–Crippen LogP) is 2.71. The molecule has 0 bridgehead atoms. The van der Waals surface area contributed by atoms with Crippen molar-refractivity contribution in [2.24, 2.45) is 0 Å². The second-order valence-electron chi connectivity index (χ2n) is 4.13. The highest BCUT2D eigenvalue weighted by Gasteiger charge is 2.06. The highest BCUT2D eigenvalue weighted by Crippen LogP contribution is 2.14. The molecule has 0 aliphatic heterocycles. The van der Waals surface area contributed by atoms with E-state index in [0.717, 1.165) is 0 Å². The number of aromatic nitrogens is 2. The molecule has 1 heterocycles. The fourth-order valence-electron chi connectivity index (χ4n) is 1.67. The van der Waals surface area contributed by atoms with Gasteiger partial charge in [-0.05, 0) is 18.6 Å². The molecule has 20 heavy (non-hydrogen) atoms. The number of non-ortho nitro benzene ring substituents is 1. The number of carbonyl (C=O) groups is 1. The molecule has 1 aromatic carbocycles. The van der Waals surface area contributed by atoms with E-state index in [1.165, 1.54) is 24.4 Å². The van der Waals surface area contributed by atoms with Gasteiger partial charge in [0.15, 0.2) is 5.78 Å². The third-order valence-electron chi connectivity index (χ3n) is 2.75. The van der Waals surface area contributed by atoms with Gasteiger partial charge in [-0.1, -0.05) is 18.2 Å². The average molecular weight is 271 g/mol. The third kappa shape index (κ3) is 3.17. The first-order chi connectivity index (χ1) is 9.60. The van der Waals surface area contributed by atoms with Gasteiger partial charge in [0.1, 0.15) is 0 Å². The summed E-state index contributed by atoms with van der Waals surface area (Å²) in [6.07, 6.45) is 6.11. The lowest BCUT2D eigenvalue weighted by Gasteiger charge is -1.94. The molecule has 102 valence electrons. The highest BCUT2D eigenvalue weighted by molar-refractivity contribution is 6.06. The maximum atomic E-state index is 11.9. The standard InChI is InChI=1S/C14H13N3O3/c1-2-16-10-12(9-15-16)14(18)7-6-11-4-3-5-13(8-11)17(19)20/h3-10H,2H2,1H3/b7-6+. The zero-order valence-corrected chi connectivity index (χ0v) is 10.9. The number of aryl methyl sites for hydroxylation is 1. The lowest BCUT2D eigenvalue weighted by atomic mass is 10.1. The van der Waals surface area contributed by atoms with E-state index in [1.54, 1.807) is 29.1 Å². The van der Waals surface area contributed by atoms with E-state index in [1.807, 2.05) is 6.92 Å². The van der Waals surface area contributed by atoms with Crippen molar-refractivity contribution in [3.63, 3.8) is 0 Å². The van der Waals surface area contributed by atoms with E-state index >= 15 is 0 Å². The molecule has 0 saturated heterocycles. The number of carbonyl (C=O) groups excluding carboxylic acids is 1. The van der Waals surface area contributed by atoms with E-state index in [2.05, 4.69) is 5.10 Å². The van der Waals surface area contributed by atoms with Crippen LogP contribution in [-0.2, 0) is 6.54 Å². The topological polar surface area (TPSA) is 78.0 Å². The van der Waals surface area contributed by atoms with E-state index in [-0.39, 0.29) is 11.5 Å². The van der Waals surface area contributed by atoms with Crippen molar-refractivity contribution in [2.45, 2.75) is 13.5 Å². The van der Waals surface area contributed by atoms with Gasteiger partial charge in [0.05, 0.1) is 16.7 Å². The van der Waals surface area contributed by atoms with Crippen molar-refractivity contribution in [1.29, 1.82) is 0 Å². The second-order valence-corrected chi connectivity index (χ2v) is 4.13. The summed E-state index contributed by atoms with van der Waals surface area (Å²) in [4.78, 5) is 22.1. The molecule has 6 nitrogen and oxygen atoms in total. The SMILES string of the molecule is CCn1cc(C(=O)/C=C/c2cccc([N+](=O)[O-])c2)cn1. The van der Waals surface area contributed by atoms with Gasteiger partial charge in [-0.3, -0.25) is 19.6 Å². The minimum atomic E-state index is -0.468. The Balaban J connectivity index is 2.14. The Hall–Kier alpha value is -2.76. The lowest BCUT2D eigenvalue weighted by Crippen LogP contribution is -1.94. The van der Waals surface area contributed by atoms with Crippen LogP contribution < -0.4 is 0 Å². The summed E-state index contributed by atoms with van der Waals surface area (Å²) in [6, 6.07) is 6.10. The quantitative estimate of drug-likeness (QED) is 0.362. The van der Waals surface area contributed by atoms with E-state index in [9.17, 15) is 14.9 Å². The number of nitro groups is 1. The predicted molar refractivity (Wildman–Crippen MR) is 74.4 cm³/mol. The van der Waals surface area contributed by atoms with Crippen molar-refractivity contribution in [2.75, 3.05) is 0 Å². The summed E-state index contributed by atoms with van der Waals surface area (Å²) in [5.41, 5.74) is 1.10. The van der Waals surface area contributed by atoms with Crippen molar-refractivity contribution in [3.05, 3.63) is 64.0 Å². The molecule has 0 unspecified atom stereocenters. The van der Waals surface area contributed by atoms with Crippen LogP contribution in [0.4, 0.5) is 5.69 Å². The van der Waals surface area contributed by atoms with Crippen LogP contribution in [0.25, 0.3) is 6.08 Å². The zero-order valence-electron chi connectivity index (χ0n) is 10.9. The highest BCUT2D eigenvalue weighted by atomic mass is 16.6. The molecule has 0 aliphatic rings. The smallest absolute Gasteiger partial charge is 0.270 e. The summed E-state index contributed by atoms with van der Waals surface area (Å²) >= 11 is 0. The van der Waals surface area contributed by atoms with Crippen LogP contribution in [0.15, 0.2) is 42.7 Å². The number of allylic oxidation sites excluding steroid dienone is 1. The molecule has 2 aromatic rings. The lowest BCUT2D eigenvalue weighted by molar-refractivity contribution is -0.384. The number of hydrogen-bond donors (Lipinski definition) is 0. The van der Waals surface area contributed by atoms with Crippen LogP contribution in [-0.4, -0.2) is 20.5 Å². The first kappa shape index (κ1) is 13.7. The Bertz CT molecular complexity index is 674. The van der Waals surface area contributed by atoms with Crippen molar-refractivity contribution in [1.82, 2.24) is 9.78 Å². The molecule has 2 rings (SSSR count). The van der Waals surface area contributed by atoms with Crippen molar-refractivity contribution in [3.8, 4) is 0 Å². The number of benzene rings is 1. The maximum absolute atomic E-state index is 11.9. The number of hydrogen-bond acceptors (Lipinski definition) is 4. The van der Waals surface area contributed by atoms with Crippen LogP contribution in [0.5, 0.6) is 0 Å². The van der Waals surface area contributed by atoms with Crippen LogP contribution >= 0.6 is 0 Å². The maximum Gasteiger partial charge on any atom is 0.270 e. The molecule has 0 spiro atoms. The number of ketones is 1. The van der Waals surface area contributed by atoms with Crippen molar-refractivity contribution < 1.29 is 9.72 Å². The molecule has 0 amide bonds. The average Bonchev–Trinajstić information content (AvgIpc) is 2.94.